The van der Waals surface area contributed by atoms with Crippen molar-refractivity contribution < 1.29 is 4.79 Å². The second-order valence-corrected chi connectivity index (χ2v) is 9.62. The molecule has 0 unspecified atom stereocenters. The molecule has 3 aliphatic carbocycles. The van der Waals surface area contributed by atoms with Crippen molar-refractivity contribution in [3.8, 4) is 0 Å². The van der Waals surface area contributed by atoms with Gasteiger partial charge >= 0.3 is 0 Å². The first-order valence-corrected chi connectivity index (χ1v) is 11.6. The van der Waals surface area contributed by atoms with Crippen molar-refractivity contribution in [2.75, 3.05) is 20.1 Å². The van der Waals surface area contributed by atoms with Crippen LogP contribution in [0.25, 0.3) is 11.1 Å². The lowest BCUT2D eigenvalue weighted by atomic mass is 9.73. The molecule has 1 aromatic heterocycles. The number of allylic oxidation sites excluding steroid dienone is 5. The van der Waals surface area contributed by atoms with Crippen molar-refractivity contribution in [2.45, 2.75) is 43.9 Å². The van der Waals surface area contributed by atoms with Crippen molar-refractivity contribution in [2.24, 2.45) is 0 Å². The molecule has 0 amide bonds. The molecule has 2 aromatic rings. The molecule has 1 aromatic carbocycles. The van der Waals surface area contributed by atoms with Gasteiger partial charge < -0.3 is 4.90 Å². The van der Waals surface area contributed by atoms with Gasteiger partial charge in [0.1, 0.15) is 0 Å². The highest BCUT2D eigenvalue weighted by atomic mass is 16.1. The van der Waals surface area contributed by atoms with Crippen LogP contribution in [0, 0.1) is 0 Å². The van der Waals surface area contributed by atoms with E-state index in [-0.39, 0.29) is 5.41 Å². The largest absolute Gasteiger partial charge is 0.306 e. The maximum absolute atomic E-state index is 12.8. The van der Waals surface area contributed by atoms with Crippen LogP contribution in [0.4, 0.5) is 0 Å². The monoisotopic (exact) mass is 408 g/mol. The molecule has 0 radical (unpaired) electrons. The summed E-state index contributed by atoms with van der Waals surface area (Å²) in [7, 11) is 2.18. The first-order chi connectivity index (χ1) is 15.1. The van der Waals surface area contributed by atoms with E-state index in [1.165, 1.54) is 33.4 Å². The number of Topliss-reactive ketones (excluding diaryl/α,β-unsaturated/α-hetero) is 1. The van der Waals surface area contributed by atoms with Crippen molar-refractivity contribution in [1.82, 2.24) is 9.88 Å². The molecule has 0 saturated carbocycles. The van der Waals surface area contributed by atoms with Gasteiger partial charge in [0.25, 0.3) is 0 Å². The van der Waals surface area contributed by atoms with Crippen LogP contribution >= 0.6 is 0 Å². The number of carbonyl (C=O) groups is 1. The number of carbonyl (C=O) groups excluding carboxylic acids is 1. The van der Waals surface area contributed by atoms with Gasteiger partial charge in [-0.2, -0.15) is 0 Å². The summed E-state index contributed by atoms with van der Waals surface area (Å²) >= 11 is 0. The number of piperidine rings is 1. The van der Waals surface area contributed by atoms with Gasteiger partial charge in [0.2, 0.25) is 0 Å². The molecular weight excluding hydrogens is 380 g/mol. The molecule has 3 heteroatoms. The summed E-state index contributed by atoms with van der Waals surface area (Å²) < 4.78 is 0. The second kappa shape index (κ2) is 7.13. The number of nitrogens with zero attached hydrogens (tertiary/aromatic N) is 2. The molecule has 4 aliphatic rings. The van der Waals surface area contributed by atoms with E-state index in [9.17, 15) is 4.79 Å². The fourth-order valence-electron chi connectivity index (χ4n) is 5.84. The molecule has 0 N–H and O–H groups in total. The Morgan fingerprint density at radius 3 is 2.68 bits per heavy atom. The van der Waals surface area contributed by atoms with E-state index in [1.807, 2.05) is 6.20 Å². The normalized spacial score (nSPS) is 21.8. The lowest BCUT2D eigenvalue weighted by molar-refractivity contribution is 0.0945. The molecule has 1 spiro atoms. The third kappa shape index (κ3) is 3.06. The van der Waals surface area contributed by atoms with E-state index in [0.29, 0.717) is 12.2 Å². The van der Waals surface area contributed by atoms with Gasteiger partial charge in [0, 0.05) is 41.1 Å². The Balaban J connectivity index is 1.39. The van der Waals surface area contributed by atoms with Crippen molar-refractivity contribution in [3.63, 3.8) is 0 Å². The Labute approximate surface area is 184 Å². The average molecular weight is 409 g/mol. The minimum Gasteiger partial charge on any atom is -0.306 e. The average Bonchev–Trinajstić information content (AvgIpc) is 3.35. The van der Waals surface area contributed by atoms with Crippen molar-refractivity contribution >= 4 is 16.9 Å². The zero-order valence-corrected chi connectivity index (χ0v) is 18.2. The number of benzene rings is 1. The topological polar surface area (TPSA) is 33.2 Å². The predicted octanol–water partition coefficient (Wildman–Crippen LogP) is 5.35. The molecule has 31 heavy (non-hydrogen) atoms. The van der Waals surface area contributed by atoms with Gasteiger partial charge in [-0.1, -0.05) is 36.4 Å². The van der Waals surface area contributed by atoms with Crippen LogP contribution in [-0.2, 0) is 11.8 Å². The third-order valence-electron chi connectivity index (χ3n) is 7.73. The maximum atomic E-state index is 12.8. The summed E-state index contributed by atoms with van der Waals surface area (Å²) in [5.74, 6) is 0.326. The van der Waals surface area contributed by atoms with E-state index in [0.717, 1.165) is 56.5 Å². The minimum absolute atomic E-state index is 0.0364. The van der Waals surface area contributed by atoms with E-state index in [4.69, 9.17) is 4.98 Å². The smallest absolute Gasteiger partial charge is 0.164 e. The Kier molecular flexibility index (Phi) is 4.36. The molecule has 6 rings (SSSR count). The number of likely N-dealkylation sites (tertiary alicyclic amines) is 1. The third-order valence-corrected chi connectivity index (χ3v) is 7.73. The summed E-state index contributed by atoms with van der Waals surface area (Å²) in [6.45, 7) is 2.14. The van der Waals surface area contributed by atoms with Gasteiger partial charge in [-0.15, -0.1) is 0 Å². The number of hydrogen-bond acceptors (Lipinski definition) is 3. The zero-order chi connectivity index (χ0) is 21.0. The van der Waals surface area contributed by atoms with Gasteiger partial charge in [-0.3, -0.25) is 9.78 Å². The molecule has 1 fully saturated rings. The number of ketones is 1. The summed E-state index contributed by atoms with van der Waals surface area (Å²) in [6.07, 6.45) is 17.0. The first-order valence-electron chi connectivity index (χ1n) is 11.6. The van der Waals surface area contributed by atoms with Gasteiger partial charge in [0.15, 0.2) is 5.78 Å². The number of rotatable bonds is 2. The van der Waals surface area contributed by atoms with Crippen molar-refractivity contribution in [1.29, 1.82) is 0 Å². The molecule has 1 aliphatic heterocycles. The molecule has 2 heterocycles. The van der Waals surface area contributed by atoms with Gasteiger partial charge in [-0.25, -0.2) is 0 Å². The van der Waals surface area contributed by atoms with Crippen LogP contribution in [0.5, 0.6) is 0 Å². The molecule has 0 bridgehead atoms. The SMILES string of the molecule is CN1CCC2(CC1)CC(=O)c1ccc(C3=CCc4ncc(C5=CCCC=C5)cc43)cc12. The number of fused-ring (bicyclic) bond motifs is 3. The molecular formula is C28H28N2O. The number of pyridine rings is 1. The Bertz CT molecular complexity index is 1180. The van der Waals surface area contributed by atoms with E-state index in [1.54, 1.807) is 0 Å². The standard InChI is InChI=1S/C28H28N2O/c1-30-13-11-28(12-14-30)17-27(31)23-8-7-20(16-25(23)28)22-9-10-26-24(22)15-21(18-29-26)19-5-3-2-4-6-19/h3,5-9,15-16,18H,2,4,10-14,17H2,1H3. The predicted molar refractivity (Wildman–Crippen MR) is 125 cm³/mol. The van der Waals surface area contributed by atoms with Crippen LogP contribution in [-0.4, -0.2) is 35.8 Å². The van der Waals surface area contributed by atoms with Gasteiger partial charge in [0.05, 0.1) is 5.69 Å². The maximum Gasteiger partial charge on any atom is 0.164 e. The fraction of sp³-hybridized carbons (Fsp3) is 0.357. The lowest BCUT2D eigenvalue weighted by Crippen LogP contribution is -2.39. The second-order valence-electron chi connectivity index (χ2n) is 9.62. The quantitative estimate of drug-likeness (QED) is 0.671. The summed E-state index contributed by atoms with van der Waals surface area (Å²) in [6, 6.07) is 8.88. The fourth-order valence-corrected chi connectivity index (χ4v) is 5.84. The summed E-state index contributed by atoms with van der Waals surface area (Å²) in [5.41, 5.74) is 9.67. The molecule has 156 valence electrons. The molecule has 1 saturated heterocycles. The Hall–Kier alpha value is -2.78. The van der Waals surface area contributed by atoms with Gasteiger partial charge in [-0.05, 0) is 80.2 Å². The molecule has 3 nitrogen and oxygen atoms in total. The van der Waals surface area contributed by atoms with E-state index < -0.39 is 0 Å². The van der Waals surface area contributed by atoms with Crippen LogP contribution in [0.3, 0.4) is 0 Å². The zero-order valence-electron chi connectivity index (χ0n) is 18.2. The highest BCUT2D eigenvalue weighted by molar-refractivity contribution is 6.03. The van der Waals surface area contributed by atoms with Crippen LogP contribution in [0.2, 0.25) is 0 Å². The summed E-state index contributed by atoms with van der Waals surface area (Å²) in [4.78, 5) is 20.0. The van der Waals surface area contributed by atoms with Crippen molar-refractivity contribution in [3.05, 3.63) is 88.3 Å². The highest BCUT2D eigenvalue weighted by Crippen LogP contribution is 2.47. The Morgan fingerprint density at radius 1 is 1.00 bits per heavy atom. The van der Waals surface area contributed by atoms with E-state index >= 15 is 0 Å². The minimum atomic E-state index is 0.0364. The van der Waals surface area contributed by atoms with E-state index in [2.05, 4.69) is 60.5 Å². The van der Waals surface area contributed by atoms with Crippen LogP contribution in [0.1, 0.15) is 70.4 Å². The highest BCUT2D eigenvalue weighted by Gasteiger charge is 2.44. The number of aromatic nitrogens is 1. The Morgan fingerprint density at radius 2 is 1.87 bits per heavy atom. The first kappa shape index (κ1) is 18.9. The number of hydrogen-bond donors (Lipinski definition) is 0. The van der Waals surface area contributed by atoms with Crippen LogP contribution in [0.15, 0.2) is 54.8 Å². The lowest BCUT2D eigenvalue weighted by Gasteiger charge is -2.38. The van der Waals surface area contributed by atoms with Crippen LogP contribution < -0.4 is 0 Å². The summed E-state index contributed by atoms with van der Waals surface area (Å²) in [5, 5.41) is 0. The molecule has 0 atom stereocenters.